The summed E-state index contributed by atoms with van der Waals surface area (Å²) in [5.41, 5.74) is 6.73. The molecule has 0 unspecified atom stereocenters. The number of rotatable bonds is 2. The van der Waals surface area contributed by atoms with E-state index in [4.69, 9.17) is 5.73 Å². The van der Waals surface area contributed by atoms with Gasteiger partial charge in [-0.15, -0.1) is 0 Å². The molecule has 0 aliphatic heterocycles. The van der Waals surface area contributed by atoms with Gasteiger partial charge >= 0.3 is 0 Å². The first-order valence-electron chi connectivity index (χ1n) is 4.92. The zero-order valence-corrected chi connectivity index (χ0v) is 11.3. The number of benzene rings is 1. The van der Waals surface area contributed by atoms with Crippen LogP contribution in [-0.4, -0.2) is 15.7 Å². The van der Waals surface area contributed by atoms with E-state index in [0.29, 0.717) is 17.1 Å². The Hall–Kier alpha value is -1.57. The Bertz CT molecular complexity index is 528. The summed E-state index contributed by atoms with van der Waals surface area (Å²) in [4.78, 5) is 11.9. The molecule has 0 aliphatic carbocycles. The topological polar surface area (TPSA) is 72.9 Å². The molecule has 0 saturated carbocycles. The van der Waals surface area contributed by atoms with Gasteiger partial charge in [-0.25, -0.2) is 0 Å². The number of nitrogen functional groups attached to an aromatic ring is 1. The van der Waals surface area contributed by atoms with Crippen molar-refractivity contribution < 1.29 is 4.79 Å². The maximum absolute atomic E-state index is 11.9. The number of halogens is 1. The lowest BCUT2D eigenvalue weighted by molar-refractivity contribution is 0.102. The summed E-state index contributed by atoms with van der Waals surface area (Å²) in [6.07, 6.45) is 1.50. The Labute approximate surface area is 112 Å². The molecule has 6 heteroatoms. The van der Waals surface area contributed by atoms with Crippen LogP contribution in [0.1, 0.15) is 10.4 Å². The smallest absolute Gasteiger partial charge is 0.256 e. The molecule has 2 aromatic rings. The third kappa shape index (κ3) is 2.57. The van der Waals surface area contributed by atoms with Crippen molar-refractivity contribution in [3.05, 3.63) is 39.6 Å². The Morgan fingerprint density at radius 2 is 2.06 bits per heavy atom. The number of nitrogens with two attached hydrogens (primary N) is 1. The van der Waals surface area contributed by atoms with E-state index in [0.717, 1.165) is 3.57 Å². The van der Waals surface area contributed by atoms with Gasteiger partial charge in [0.15, 0.2) is 5.82 Å². The van der Waals surface area contributed by atoms with Gasteiger partial charge in [0.05, 0.1) is 11.9 Å². The van der Waals surface area contributed by atoms with Crippen LogP contribution in [0.25, 0.3) is 0 Å². The van der Waals surface area contributed by atoms with Crippen LogP contribution in [0.15, 0.2) is 30.5 Å². The van der Waals surface area contributed by atoms with Crippen LogP contribution in [0.5, 0.6) is 0 Å². The lowest BCUT2D eigenvalue weighted by Crippen LogP contribution is -2.15. The molecule has 0 spiro atoms. The summed E-state index contributed by atoms with van der Waals surface area (Å²) in [6, 6.07) is 7.29. The van der Waals surface area contributed by atoms with Crippen molar-refractivity contribution in [2.24, 2.45) is 7.05 Å². The number of amides is 1. The number of carbonyl (C=O) groups is 1. The Morgan fingerprint density at radius 1 is 1.41 bits per heavy atom. The molecule has 3 N–H and O–H groups in total. The predicted octanol–water partition coefficient (Wildman–Crippen LogP) is 1.86. The van der Waals surface area contributed by atoms with Crippen LogP contribution in [0.3, 0.4) is 0 Å². The molecule has 1 aromatic heterocycles. The monoisotopic (exact) mass is 342 g/mol. The molecule has 88 valence electrons. The number of hydrogen-bond acceptors (Lipinski definition) is 3. The van der Waals surface area contributed by atoms with Gasteiger partial charge in [-0.3, -0.25) is 9.48 Å². The van der Waals surface area contributed by atoms with Crippen LogP contribution in [0, 0.1) is 3.57 Å². The van der Waals surface area contributed by atoms with E-state index in [9.17, 15) is 4.79 Å². The first-order valence-corrected chi connectivity index (χ1v) is 6.00. The average molecular weight is 342 g/mol. The maximum Gasteiger partial charge on any atom is 0.256 e. The van der Waals surface area contributed by atoms with Gasteiger partial charge in [0, 0.05) is 16.2 Å². The highest BCUT2D eigenvalue weighted by molar-refractivity contribution is 14.1. The normalized spacial score (nSPS) is 10.2. The number of carbonyl (C=O) groups excluding carboxylic acids is 1. The number of hydrogen-bond donors (Lipinski definition) is 2. The van der Waals surface area contributed by atoms with E-state index < -0.39 is 0 Å². The molecule has 0 atom stereocenters. The summed E-state index contributed by atoms with van der Waals surface area (Å²) < 4.78 is 2.61. The molecule has 2 rings (SSSR count). The van der Waals surface area contributed by atoms with Crippen molar-refractivity contribution in [1.82, 2.24) is 9.78 Å². The molecular weight excluding hydrogens is 331 g/mol. The SMILES string of the molecule is Cn1ncc(N)c1NC(=O)c1ccc(I)cc1. The molecule has 0 fully saturated rings. The molecule has 1 amide bonds. The van der Waals surface area contributed by atoms with Gasteiger partial charge in [0.2, 0.25) is 0 Å². The fraction of sp³-hybridized carbons (Fsp3) is 0.0909. The average Bonchev–Trinajstić information content (AvgIpc) is 2.61. The summed E-state index contributed by atoms with van der Waals surface area (Å²) in [5, 5.41) is 6.68. The maximum atomic E-state index is 11.9. The summed E-state index contributed by atoms with van der Waals surface area (Å²) in [6.45, 7) is 0. The summed E-state index contributed by atoms with van der Waals surface area (Å²) in [7, 11) is 1.72. The van der Waals surface area contributed by atoms with Gasteiger partial charge in [-0.05, 0) is 46.9 Å². The highest BCUT2D eigenvalue weighted by Crippen LogP contribution is 2.17. The minimum absolute atomic E-state index is 0.197. The fourth-order valence-corrected chi connectivity index (χ4v) is 1.75. The van der Waals surface area contributed by atoms with Crippen LogP contribution < -0.4 is 11.1 Å². The van der Waals surface area contributed by atoms with Crippen LogP contribution >= 0.6 is 22.6 Å². The summed E-state index contributed by atoms with van der Waals surface area (Å²) in [5.74, 6) is 0.310. The van der Waals surface area contributed by atoms with Gasteiger partial charge in [-0.2, -0.15) is 5.10 Å². The first-order chi connectivity index (χ1) is 8.08. The van der Waals surface area contributed by atoms with Crippen molar-refractivity contribution in [1.29, 1.82) is 0 Å². The van der Waals surface area contributed by atoms with Crippen molar-refractivity contribution in [3.8, 4) is 0 Å². The molecule has 17 heavy (non-hydrogen) atoms. The van der Waals surface area contributed by atoms with E-state index in [1.54, 1.807) is 19.2 Å². The molecule has 1 aromatic carbocycles. The number of nitrogens with zero attached hydrogens (tertiary/aromatic N) is 2. The second kappa shape index (κ2) is 4.74. The molecule has 0 aliphatic rings. The predicted molar refractivity (Wildman–Crippen MR) is 74.7 cm³/mol. The number of aryl methyl sites for hydroxylation is 1. The van der Waals surface area contributed by atoms with E-state index in [1.165, 1.54) is 10.9 Å². The second-order valence-corrected chi connectivity index (χ2v) is 4.78. The van der Waals surface area contributed by atoms with Crippen molar-refractivity contribution >= 4 is 40.0 Å². The van der Waals surface area contributed by atoms with Gasteiger partial charge in [-0.1, -0.05) is 0 Å². The van der Waals surface area contributed by atoms with Crippen molar-refractivity contribution in [2.45, 2.75) is 0 Å². The van der Waals surface area contributed by atoms with E-state index in [2.05, 4.69) is 33.0 Å². The molecule has 0 bridgehead atoms. The molecule has 1 heterocycles. The van der Waals surface area contributed by atoms with E-state index in [-0.39, 0.29) is 5.91 Å². The van der Waals surface area contributed by atoms with Crippen molar-refractivity contribution in [3.63, 3.8) is 0 Å². The fourth-order valence-electron chi connectivity index (χ4n) is 1.39. The first kappa shape index (κ1) is 11.9. The lowest BCUT2D eigenvalue weighted by Gasteiger charge is -2.06. The number of nitrogens with one attached hydrogen (secondary N) is 1. The number of aromatic nitrogens is 2. The van der Waals surface area contributed by atoms with E-state index >= 15 is 0 Å². The molecular formula is C11H11IN4O. The molecule has 5 nitrogen and oxygen atoms in total. The molecule has 0 radical (unpaired) electrons. The summed E-state index contributed by atoms with van der Waals surface area (Å²) >= 11 is 2.19. The van der Waals surface area contributed by atoms with E-state index in [1.807, 2.05) is 12.1 Å². The second-order valence-electron chi connectivity index (χ2n) is 3.53. The number of anilines is 2. The largest absolute Gasteiger partial charge is 0.394 e. The third-order valence-electron chi connectivity index (χ3n) is 2.31. The van der Waals surface area contributed by atoms with Gasteiger partial charge in [0.1, 0.15) is 0 Å². The highest BCUT2D eigenvalue weighted by atomic mass is 127. The van der Waals surface area contributed by atoms with Crippen LogP contribution in [-0.2, 0) is 7.05 Å². The minimum atomic E-state index is -0.197. The molecule has 0 saturated heterocycles. The zero-order chi connectivity index (χ0) is 12.4. The van der Waals surface area contributed by atoms with Gasteiger partial charge in [0.25, 0.3) is 5.91 Å². The minimum Gasteiger partial charge on any atom is -0.394 e. The van der Waals surface area contributed by atoms with Gasteiger partial charge < -0.3 is 11.1 Å². The highest BCUT2D eigenvalue weighted by Gasteiger charge is 2.11. The Balaban J connectivity index is 2.20. The zero-order valence-electron chi connectivity index (χ0n) is 9.14. The van der Waals surface area contributed by atoms with Crippen LogP contribution in [0.2, 0.25) is 0 Å². The van der Waals surface area contributed by atoms with Crippen LogP contribution in [0.4, 0.5) is 11.5 Å². The lowest BCUT2D eigenvalue weighted by atomic mass is 10.2. The van der Waals surface area contributed by atoms with Crippen molar-refractivity contribution in [2.75, 3.05) is 11.1 Å². The Kier molecular flexibility index (Phi) is 3.32. The third-order valence-corrected chi connectivity index (χ3v) is 3.02. The standard InChI is InChI=1S/C11H11IN4O/c1-16-10(9(13)6-14-16)15-11(17)7-2-4-8(12)5-3-7/h2-6H,13H2,1H3,(H,15,17). The quantitative estimate of drug-likeness (QED) is 0.819. The Morgan fingerprint density at radius 3 is 2.59 bits per heavy atom.